The third kappa shape index (κ3) is 3.61. The predicted octanol–water partition coefficient (Wildman–Crippen LogP) is 5.26. The molecule has 0 spiro atoms. The summed E-state index contributed by atoms with van der Waals surface area (Å²) in [5, 5.41) is 3.65. The van der Waals surface area contributed by atoms with E-state index in [4.69, 9.17) is 9.15 Å². The van der Waals surface area contributed by atoms with Crippen molar-refractivity contribution in [2.45, 2.75) is 27.7 Å². The van der Waals surface area contributed by atoms with Crippen LogP contribution in [0.25, 0.3) is 27.7 Å². The normalized spacial score (nSPS) is 11.7. The van der Waals surface area contributed by atoms with Crippen LogP contribution in [0.5, 0.6) is 5.75 Å². The number of allylic oxidation sites excluding steroid dienone is 1. The quantitative estimate of drug-likeness (QED) is 0.629. The number of carbonyl (C=O) groups is 1. The van der Waals surface area contributed by atoms with Crippen LogP contribution >= 0.6 is 0 Å². The molecule has 0 unspecified atom stereocenters. The number of hydrogen-bond donors (Lipinski definition) is 1. The largest absolute Gasteiger partial charge is 0.493 e. The van der Waals surface area contributed by atoms with Crippen molar-refractivity contribution in [2.75, 3.05) is 13.7 Å². The van der Waals surface area contributed by atoms with Gasteiger partial charge in [0, 0.05) is 35.2 Å². The molecule has 1 aromatic heterocycles. The van der Waals surface area contributed by atoms with Gasteiger partial charge in [-0.3, -0.25) is 4.79 Å². The Hall–Kier alpha value is -3.01. The van der Waals surface area contributed by atoms with Crippen molar-refractivity contribution in [3.8, 4) is 16.9 Å². The lowest BCUT2D eigenvalue weighted by Gasteiger charge is -2.14. The van der Waals surface area contributed by atoms with Gasteiger partial charge in [-0.15, -0.1) is 0 Å². The van der Waals surface area contributed by atoms with Crippen LogP contribution in [0.1, 0.15) is 30.5 Å². The SMILES string of the molecule is CCOc1c(/C(C)=C/C(=O)NC)cc2c(-c3ccc(C)cc3)coc2c1C. The molecule has 0 saturated carbocycles. The molecule has 0 aliphatic heterocycles. The van der Waals surface area contributed by atoms with E-state index in [0.717, 1.165) is 44.5 Å². The number of furan rings is 1. The van der Waals surface area contributed by atoms with Gasteiger partial charge in [-0.25, -0.2) is 0 Å². The fourth-order valence-electron chi connectivity index (χ4n) is 3.24. The number of amides is 1. The third-order valence-electron chi connectivity index (χ3n) is 4.71. The predicted molar refractivity (Wildman–Crippen MR) is 110 cm³/mol. The average molecular weight is 363 g/mol. The molecule has 0 aliphatic rings. The van der Waals surface area contributed by atoms with Gasteiger partial charge in [-0.1, -0.05) is 29.8 Å². The van der Waals surface area contributed by atoms with Gasteiger partial charge in [-0.2, -0.15) is 0 Å². The standard InChI is InChI=1S/C23H25NO3/c1-6-26-22-16(4)23-19(12-18(22)15(3)11-21(25)24-5)20(13-27-23)17-9-7-14(2)8-10-17/h7-13H,6H2,1-5H3,(H,24,25)/b15-11+. The molecule has 0 fully saturated rings. The highest BCUT2D eigenvalue weighted by molar-refractivity contribution is 6.01. The lowest BCUT2D eigenvalue weighted by molar-refractivity contribution is -0.116. The Kier molecular flexibility index (Phi) is 5.36. The number of nitrogens with one attached hydrogen (secondary N) is 1. The molecule has 1 amide bonds. The maximum absolute atomic E-state index is 11.8. The van der Waals surface area contributed by atoms with Crippen LogP contribution in [0.4, 0.5) is 0 Å². The molecule has 0 atom stereocenters. The van der Waals surface area contributed by atoms with Gasteiger partial charge < -0.3 is 14.5 Å². The van der Waals surface area contributed by atoms with Crippen molar-refractivity contribution >= 4 is 22.4 Å². The highest BCUT2D eigenvalue weighted by Gasteiger charge is 2.19. The van der Waals surface area contributed by atoms with Gasteiger partial charge in [0.15, 0.2) is 0 Å². The second-order valence-electron chi connectivity index (χ2n) is 6.64. The van der Waals surface area contributed by atoms with Gasteiger partial charge in [0.25, 0.3) is 0 Å². The van der Waals surface area contributed by atoms with Gasteiger partial charge in [0.2, 0.25) is 5.91 Å². The average Bonchev–Trinajstić information content (AvgIpc) is 3.08. The fourth-order valence-corrected chi connectivity index (χ4v) is 3.24. The number of fused-ring (bicyclic) bond motifs is 1. The molecular formula is C23H25NO3. The van der Waals surface area contributed by atoms with Crippen LogP contribution in [-0.2, 0) is 4.79 Å². The molecule has 1 heterocycles. The summed E-state index contributed by atoms with van der Waals surface area (Å²) >= 11 is 0. The van der Waals surface area contributed by atoms with Gasteiger partial charge in [0.1, 0.15) is 11.3 Å². The molecule has 0 bridgehead atoms. The number of carbonyl (C=O) groups excluding carboxylic acids is 1. The summed E-state index contributed by atoms with van der Waals surface area (Å²) in [6.45, 7) is 8.47. The first-order valence-corrected chi connectivity index (χ1v) is 9.11. The first kappa shape index (κ1) is 18.8. The van der Waals surface area contributed by atoms with Crippen molar-refractivity contribution in [1.29, 1.82) is 0 Å². The van der Waals surface area contributed by atoms with E-state index < -0.39 is 0 Å². The van der Waals surface area contributed by atoms with Gasteiger partial charge >= 0.3 is 0 Å². The van der Waals surface area contributed by atoms with Crippen molar-refractivity contribution in [3.05, 3.63) is 59.4 Å². The lowest BCUT2D eigenvalue weighted by Crippen LogP contribution is -2.14. The van der Waals surface area contributed by atoms with E-state index >= 15 is 0 Å². The Balaban J connectivity index is 2.25. The number of benzene rings is 2. The van der Waals surface area contributed by atoms with Crippen LogP contribution in [0.3, 0.4) is 0 Å². The van der Waals surface area contributed by atoms with Crippen molar-refractivity contribution < 1.29 is 13.9 Å². The zero-order valence-electron chi connectivity index (χ0n) is 16.5. The smallest absolute Gasteiger partial charge is 0.244 e. The molecule has 2 aromatic carbocycles. The second-order valence-corrected chi connectivity index (χ2v) is 6.64. The summed E-state index contributed by atoms with van der Waals surface area (Å²) in [5.74, 6) is 0.617. The van der Waals surface area contributed by atoms with E-state index in [9.17, 15) is 4.79 Å². The topological polar surface area (TPSA) is 51.5 Å². The van der Waals surface area contributed by atoms with Crippen LogP contribution in [0.2, 0.25) is 0 Å². The number of aryl methyl sites for hydroxylation is 2. The zero-order valence-corrected chi connectivity index (χ0v) is 16.5. The summed E-state index contributed by atoms with van der Waals surface area (Å²) in [6.07, 6.45) is 3.38. The molecule has 0 aliphatic carbocycles. The fraction of sp³-hybridized carbons (Fsp3) is 0.261. The Labute approximate surface area is 159 Å². The summed E-state index contributed by atoms with van der Waals surface area (Å²) < 4.78 is 11.8. The Bertz CT molecular complexity index is 1010. The molecule has 140 valence electrons. The van der Waals surface area contributed by atoms with E-state index in [0.29, 0.717) is 6.61 Å². The van der Waals surface area contributed by atoms with E-state index in [1.165, 1.54) is 5.56 Å². The zero-order chi connectivity index (χ0) is 19.6. The maximum Gasteiger partial charge on any atom is 0.244 e. The van der Waals surface area contributed by atoms with Crippen LogP contribution in [-0.4, -0.2) is 19.6 Å². The summed E-state index contributed by atoms with van der Waals surface area (Å²) in [4.78, 5) is 11.8. The number of ether oxygens (including phenoxy) is 1. The van der Waals surface area contributed by atoms with Crippen molar-refractivity contribution in [2.24, 2.45) is 0 Å². The van der Waals surface area contributed by atoms with Crippen LogP contribution in [0, 0.1) is 13.8 Å². The monoisotopic (exact) mass is 363 g/mol. The summed E-state index contributed by atoms with van der Waals surface area (Å²) in [6, 6.07) is 10.4. The number of hydrogen-bond acceptors (Lipinski definition) is 3. The Morgan fingerprint density at radius 2 is 1.93 bits per heavy atom. The van der Waals surface area contributed by atoms with Crippen molar-refractivity contribution in [1.82, 2.24) is 5.32 Å². The molecule has 0 radical (unpaired) electrons. The molecule has 4 nitrogen and oxygen atoms in total. The van der Waals surface area contributed by atoms with E-state index in [-0.39, 0.29) is 5.91 Å². The minimum atomic E-state index is -0.140. The second kappa shape index (κ2) is 7.70. The van der Waals surface area contributed by atoms with Crippen LogP contribution < -0.4 is 10.1 Å². The highest BCUT2D eigenvalue weighted by Crippen LogP contribution is 2.40. The minimum Gasteiger partial charge on any atom is -0.493 e. The van der Waals surface area contributed by atoms with E-state index in [1.807, 2.05) is 20.8 Å². The molecule has 1 N–H and O–H groups in total. The highest BCUT2D eigenvalue weighted by atomic mass is 16.5. The van der Waals surface area contributed by atoms with Gasteiger partial charge in [-0.05, 0) is 44.9 Å². The maximum atomic E-state index is 11.8. The molecule has 3 rings (SSSR count). The summed E-state index contributed by atoms with van der Waals surface area (Å²) in [5.41, 5.74) is 6.84. The minimum absolute atomic E-state index is 0.140. The number of rotatable bonds is 5. The van der Waals surface area contributed by atoms with E-state index in [1.54, 1.807) is 19.4 Å². The molecule has 3 aromatic rings. The van der Waals surface area contributed by atoms with Gasteiger partial charge in [0.05, 0.1) is 12.9 Å². The number of likely N-dealkylation sites (N-methyl/N-ethyl adjacent to an activating group) is 1. The van der Waals surface area contributed by atoms with Crippen LogP contribution in [0.15, 0.2) is 47.1 Å². The lowest BCUT2D eigenvalue weighted by atomic mass is 9.96. The van der Waals surface area contributed by atoms with E-state index in [2.05, 4.69) is 42.6 Å². The first-order chi connectivity index (χ1) is 13.0. The third-order valence-corrected chi connectivity index (χ3v) is 4.71. The molecule has 4 heteroatoms. The first-order valence-electron chi connectivity index (χ1n) is 9.11. The summed E-state index contributed by atoms with van der Waals surface area (Å²) in [7, 11) is 1.62. The molecular weight excluding hydrogens is 338 g/mol. The van der Waals surface area contributed by atoms with Crippen molar-refractivity contribution in [3.63, 3.8) is 0 Å². The molecule has 27 heavy (non-hydrogen) atoms. The Morgan fingerprint density at radius 1 is 1.22 bits per heavy atom. The molecule has 0 saturated heterocycles. The Morgan fingerprint density at radius 3 is 2.56 bits per heavy atom.